The molecule has 142 valence electrons. The number of amides is 1. The van der Waals surface area contributed by atoms with Crippen molar-refractivity contribution in [2.45, 2.75) is 6.18 Å². The Kier molecular flexibility index (Phi) is 3.89. The first-order chi connectivity index (χ1) is 13.1. The monoisotopic (exact) mass is 408 g/mol. The lowest BCUT2D eigenvalue weighted by Gasteiger charge is -2.20. The van der Waals surface area contributed by atoms with Gasteiger partial charge in [0, 0.05) is 0 Å². The predicted octanol–water partition coefficient (Wildman–Crippen LogP) is 2.68. The number of carbonyl (C=O) groups excluding carboxylic acids is 1. The van der Waals surface area contributed by atoms with E-state index in [0.29, 0.717) is 5.01 Å². The number of aromatic hydroxyl groups is 1. The number of aliphatic imine (C=N–C) groups is 1. The van der Waals surface area contributed by atoms with Crippen LogP contribution in [0, 0.1) is 5.41 Å². The Morgan fingerprint density at radius 3 is 2.75 bits per heavy atom. The number of fused-ring (bicyclic) bond motifs is 2. The normalized spacial score (nSPS) is 18.5. The Bertz CT molecular complexity index is 1210. The van der Waals surface area contributed by atoms with E-state index in [1.165, 1.54) is 18.2 Å². The SMILES string of the molecule is N=C1C(=Cc2coc3ccc(O)cc3c2=O)C(=O)N=C2SC(C(F)(F)F)=NN12. The first kappa shape index (κ1) is 18.0. The van der Waals surface area contributed by atoms with Gasteiger partial charge in [-0.25, -0.2) is 0 Å². The van der Waals surface area contributed by atoms with E-state index in [0.717, 1.165) is 12.3 Å². The molecule has 2 aliphatic heterocycles. The third-order valence-corrected chi connectivity index (χ3v) is 4.73. The lowest BCUT2D eigenvalue weighted by atomic mass is 10.1. The standard InChI is InChI=1S/C16H7F3N4O4S/c17-16(18,19)14-22-23-12(20)9(13(26)21-15(23)28-14)3-6-5-27-10-2-1-7(24)4-8(10)11(6)25/h1-5,20,24H. The van der Waals surface area contributed by atoms with E-state index in [1.807, 2.05) is 0 Å². The summed E-state index contributed by atoms with van der Waals surface area (Å²) in [6.45, 7) is 0. The number of phenolic OH excluding ortho intramolecular Hbond substituents is 1. The molecule has 3 heterocycles. The van der Waals surface area contributed by atoms with E-state index in [-0.39, 0.29) is 34.0 Å². The summed E-state index contributed by atoms with van der Waals surface area (Å²) in [5.74, 6) is -1.82. The predicted molar refractivity (Wildman–Crippen MR) is 95.2 cm³/mol. The van der Waals surface area contributed by atoms with E-state index in [4.69, 9.17) is 9.83 Å². The summed E-state index contributed by atoms with van der Waals surface area (Å²) in [5.41, 5.74) is -0.985. The van der Waals surface area contributed by atoms with Gasteiger partial charge in [0.25, 0.3) is 5.91 Å². The van der Waals surface area contributed by atoms with Gasteiger partial charge in [0.05, 0.1) is 16.5 Å². The lowest BCUT2D eigenvalue weighted by Crippen LogP contribution is -2.35. The number of halogens is 3. The second-order valence-corrected chi connectivity index (χ2v) is 6.58. The summed E-state index contributed by atoms with van der Waals surface area (Å²) < 4.78 is 43.7. The molecule has 0 bridgehead atoms. The van der Waals surface area contributed by atoms with Crippen molar-refractivity contribution >= 4 is 50.8 Å². The van der Waals surface area contributed by atoms with Gasteiger partial charge in [-0.2, -0.15) is 28.3 Å². The van der Waals surface area contributed by atoms with Crippen molar-refractivity contribution in [3.8, 4) is 5.75 Å². The van der Waals surface area contributed by atoms with E-state index in [1.54, 1.807) is 0 Å². The Labute approximate surface area is 157 Å². The number of benzene rings is 1. The smallest absolute Gasteiger partial charge is 0.441 e. The first-order valence-corrected chi connectivity index (χ1v) is 8.29. The minimum absolute atomic E-state index is 0.0300. The Hall–Kier alpha value is -3.41. The molecule has 4 rings (SSSR count). The van der Waals surface area contributed by atoms with Crippen LogP contribution in [0.4, 0.5) is 13.2 Å². The summed E-state index contributed by atoms with van der Waals surface area (Å²) >= 11 is 0.128. The van der Waals surface area contributed by atoms with Crippen LogP contribution in [-0.2, 0) is 4.79 Å². The van der Waals surface area contributed by atoms with Crippen LogP contribution in [0.5, 0.6) is 5.75 Å². The molecule has 0 saturated heterocycles. The summed E-state index contributed by atoms with van der Waals surface area (Å²) in [6.07, 6.45) is -2.72. The number of alkyl halides is 3. The van der Waals surface area contributed by atoms with Crippen molar-refractivity contribution in [2.24, 2.45) is 10.1 Å². The van der Waals surface area contributed by atoms with Gasteiger partial charge in [-0.15, -0.1) is 0 Å². The number of phenols is 1. The van der Waals surface area contributed by atoms with Crippen LogP contribution < -0.4 is 5.43 Å². The molecule has 0 radical (unpaired) electrons. The number of hydrogen-bond donors (Lipinski definition) is 2. The highest BCUT2D eigenvalue weighted by Gasteiger charge is 2.46. The molecule has 12 heteroatoms. The first-order valence-electron chi connectivity index (χ1n) is 7.47. The van der Waals surface area contributed by atoms with E-state index < -0.39 is 39.1 Å². The highest BCUT2D eigenvalue weighted by atomic mass is 32.2. The highest BCUT2D eigenvalue weighted by molar-refractivity contribution is 8.27. The quantitative estimate of drug-likeness (QED) is 0.701. The number of amidine groups is 2. The molecule has 1 aromatic carbocycles. The summed E-state index contributed by atoms with van der Waals surface area (Å²) in [4.78, 5) is 28.3. The maximum atomic E-state index is 12.8. The summed E-state index contributed by atoms with van der Waals surface area (Å²) in [5, 5.41) is 19.8. The molecule has 0 spiro atoms. The second-order valence-electron chi connectivity index (χ2n) is 5.62. The van der Waals surface area contributed by atoms with Gasteiger partial charge in [-0.05, 0) is 36.0 Å². The topological polar surface area (TPSA) is 119 Å². The van der Waals surface area contributed by atoms with E-state index in [9.17, 15) is 27.9 Å². The molecule has 1 amide bonds. The van der Waals surface area contributed by atoms with Crippen LogP contribution in [0.15, 0.2) is 49.3 Å². The molecule has 28 heavy (non-hydrogen) atoms. The largest absolute Gasteiger partial charge is 0.508 e. The van der Waals surface area contributed by atoms with Crippen molar-refractivity contribution in [1.82, 2.24) is 5.01 Å². The molecule has 2 aliphatic rings. The average Bonchev–Trinajstić information content (AvgIpc) is 3.05. The van der Waals surface area contributed by atoms with Crippen molar-refractivity contribution in [1.29, 1.82) is 5.41 Å². The minimum Gasteiger partial charge on any atom is -0.508 e. The van der Waals surface area contributed by atoms with Gasteiger partial charge in [-0.1, -0.05) is 0 Å². The maximum Gasteiger partial charge on any atom is 0.441 e. The fourth-order valence-corrected chi connectivity index (χ4v) is 3.25. The zero-order chi connectivity index (χ0) is 20.2. The molecule has 0 atom stereocenters. The molecule has 0 saturated carbocycles. The van der Waals surface area contributed by atoms with Gasteiger partial charge >= 0.3 is 6.18 Å². The Balaban J connectivity index is 1.79. The summed E-state index contributed by atoms with van der Waals surface area (Å²) in [6, 6.07) is 3.87. The zero-order valence-electron chi connectivity index (χ0n) is 13.4. The number of rotatable bonds is 1. The van der Waals surface area contributed by atoms with Crippen LogP contribution >= 0.6 is 11.8 Å². The van der Waals surface area contributed by atoms with E-state index in [2.05, 4.69) is 10.1 Å². The van der Waals surface area contributed by atoms with Gasteiger partial charge in [0.1, 0.15) is 17.6 Å². The molecule has 2 aromatic rings. The fraction of sp³-hybridized carbons (Fsp3) is 0.0625. The van der Waals surface area contributed by atoms with Crippen molar-refractivity contribution < 1.29 is 27.5 Å². The number of hydrazone groups is 1. The number of nitrogens with one attached hydrogen (secondary N) is 1. The van der Waals surface area contributed by atoms with E-state index >= 15 is 0 Å². The Morgan fingerprint density at radius 1 is 1.29 bits per heavy atom. The number of carbonyl (C=O) groups is 1. The number of thioether (sulfide) groups is 1. The fourth-order valence-electron chi connectivity index (χ4n) is 2.50. The molecule has 0 unspecified atom stereocenters. The average molecular weight is 408 g/mol. The zero-order valence-corrected chi connectivity index (χ0v) is 14.3. The van der Waals surface area contributed by atoms with Gasteiger partial charge in [-0.3, -0.25) is 15.0 Å². The number of nitrogens with zero attached hydrogens (tertiary/aromatic N) is 3. The molecule has 0 fully saturated rings. The summed E-state index contributed by atoms with van der Waals surface area (Å²) in [7, 11) is 0. The van der Waals surface area contributed by atoms with Crippen molar-refractivity contribution in [3.63, 3.8) is 0 Å². The van der Waals surface area contributed by atoms with Crippen LogP contribution in [0.3, 0.4) is 0 Å². The van der Waals surface area contributed by atoms with Crippen LogP contribution in [-0.4, -0.2) is 38.2 Å². The molecule has 2 N–H and O–H groups in total. The molecule has 1 aromatic heterocycles. The Morgan fingerprint density at radius 2 is 2.04 bits per heavy atom. The molecule has 8 nitrogen and oxygen atoms in total. The van der Waals surface area contributed by atoms with Crippen molar-refractivity contribution in [2.75, 3.05) is 0 Å². The third kappa shape index (κ3) is 2.87. The minimum atomic E-state index is -4.75. The maximum absolute atomic E-state index is 12.8. The van der Waals surface area contributed by atoms with Gasteiger partial charge in [0.15, 0.2) is 11.3 Å². The second kappa shape index (κ2) is 6.05. The van der Waals surface area contributed by atoms with Gasteiger partial charge in [0.2, 0.25) is 10.2 Å². The van der Waals surface area contributed by atoms with Crippen LogP contribution in [0.25, 0.3) is 17.0 Å². The third-order valence-electron chi connectivity index (χ3n) is 3.78. The van der Waals surface area contributed by atoms with Crippen molar-refractivity contribution in [3.05, 3.63) is 45.8 Å². The molecular formula is C16H7F3N4O4S. The van der Waals surface area contributed by atoms with Crippen LogP contribution in [0.1, 0.15) is 5.56 Å². The van der Waals surface area contributed by atoms with Gasteiger partial charge < -0.3 is 9.52 Å². The molecular weight excluding hydrogens is 401 g/mol. The highest BCUT2D eigenvalue weighted by Crippen LogP contribution is 2.35. The molecule has 0 aliphatic carbocycles. The lowest BCUT2D eigenvalue weighted by molar-refractivity contribution is -0.114. The number of hydrogen-bond acceptors (Lipinski definition) is 7. The van der Waals surface area contributed by atoms with Crippen LogP contribution in [0.2, 0.25) is 0 Å².